The highest BCUT2D eigenvalue weighted by atomic mass is 19.1. The molecule has 94 valence electrons. The van der Waals surface area contributed by atoms with Crippen molar-refractivity contribution in [1.29, 1.82) is 0 Å². The van der Waals surface area contributed by atoms with Crippen LogP contribution >= 0.6 is 0 Å². The molecule has 1 fully saturated rings. The van der Waals surface area contributed by atoms with Gasteiger partial charge in [0, 0.05) is 38.9 Å². The lowest BCUT2D eigenvalue weighted by Crippen LogP contribution is -2.47. The fraction of sp³-hybridized carbons (Fsp3) is 0.636. The Kier molecular flexibility index (Phi) is 4.22. The van der Waals surface area contributed by atoms with Gasteiger partial charge in [-0.15, -0.1) is 0 Å². The van der Waals surface area contributed by atoms with Crippen LogP contribution in [0.1, 0.15) is 5.82 Å². The average molecular weight is 239 g/mol. The van der Waals surface area contributed by atoms with E-state index in [1.807, 2.05) is 6.07 Å². The molecule has 1 aliphatic rings. The Morgan fingerprint density at radius 2 is 2.06 bits per heavy atom. The predicted molar refractivity (Wildman–Crippen MR) is 64.6 cm³/mol. The molecule has 2 heterocycles. The molecule has 2 N–H and O–H groups in total. The maximum atomic E-state index is 12.2. The van der Waals surface area contributed by atoms with Gasteiger partial charge in [0.05, 0.1) is 6.54 Å². The molecule has 1 aromatic rings. The molecule has 1 aliphatic heterocycles. The number of anilines is 1. The van der Waals surface area contributed by atoms with E-state index in [9.17, 15) is 4.39 Å². The molecular formula is C11H18FN5. The maximum absolute atomic E-state index is 12.2. The summed E-state index contributed by atoms with van der Waals surface area (Å²) < 4.78 is 12.2. The number of alkyl halides is 1. The smallest absolute Gasteiger partial charge is 0.144 e. The molecule has 0 atom stereocenters. The molecular weight excluding hydrogens is 221 g/mol. The highest BCUT2D eigenvalue weighted by Crippen LogP contribution is 2.12. The van der Waals surface area contributed by atoms with Gasteiger partial charge >= 0.3 is 0 Å². The second-order valence-electron chi connectivity index (χ2n) is 4.05. The molecule has 0 saturated carbocycles. The second-order valence-corrected chi connectivity index (χ2v) is 4.05. The van der Waals surface area contributed by atoms with Crippen LogP contribution in [0.25, 0.3) is 0 Å². The minimum atomic E-state index is -0.273. The van der Waals surface area contributed by atoms with Gasteiger partial charge in [-0.25, -0.2) is 14.4 Å². The first-order valence-corrected chi connectivity index (χ1v) is 5.88. The number of rotatable bonds is 4. The number of hydrogen-bond acceptors (Lipinski definition) is 5. The molecule has 0 amide bonds. The van der Waals surface area contributed by atoms with Crippen LogP contribution in [0.2, 0.25) is 0 Å². The van der Waals surface area contributed by atoms with Crippen molar-refractivity contribution in [2.45, 2.75) is 6.54 Å². The van der Waals surface area contributed by atoms with Gasteiger partial charge in [0.25, 0.3) is 0 Å². The highest BCUT2D eigenvalue weighted by molar-refractivity contribution is 5.38. The Bertz CT molecular complexity index is 351. The molecule has 0 radical (unpaired) electrons. The fourth-order valence-electron chi connectivity index (χ4n) is 1.98. The van der Waals surface area contributed by atoms with E-state index < -0.39 is 0 Å². The molecule has 0 aliphatic carbocycles. The van der Waals surface area contributed by atoms with Crippen LogP contribution < -0.4 is 10.6 Å². The van der Waals surface area contributed by atoms with E-state index >= 15 is 0 Å². The zero-order chi connectivity index (χ0) is 12.1. The second kappa shape index (κ2) is 5.88. The monoisotopic (exact) mass is 239 g/mol. The minimum Gasteiger partial charge on any atom is -0.354 e. The van der Waals surface area contributed by atoms with Gasteiger partial charge in [0.2, 0.25) is 0 Å². The first kappa shape index (κ1) is 12.2. The zero-order valence-electron chi connectivity index (χ0n) is 9.85. The maximum Gasteiger partial charge on any atom is 0.144 e. The summed E-state index contributed by atoms with van der Waals surface area (Å²) in [6.07, 6.45) is 1.73. The Hall–Kier alpha value is -1.27. The minimum absolute atomic E-state index is 0.273. The number of nitrogens with zero attached hydrogens (tertiary/aromatic N) is 4. The zero-order valence-corrected chi connectivity index (χ0v) is 9.85. The average Bonchev–Trinajstić information content (AvgIpc) is 2.40. The quantitative estimate of drug-likeness (QED) is 0.803. The molecule has 0 spiro atoms. The van der Waals surface area contributed by atoms with Gasteiger partial charge in [-0.05, 0) is 6.07 Å². The summed E-state index contributed by atoms with van der Waals surface area (Å²) in [7, 11) is 0. The molecule has 17 heavy (non-hydrogen) atoms. The van der Waals surface area contributed by atoms with E-state index in [0.717, 1.165) is 32.0 Å². The van der Waals surface area contributed by atoms with Crippen molar-refractivity contribution < 1.29 is 4.39 Å². The first-order valence-electron chi connectivity index (χ1n) is 5.88. The number of aromatic nitrogens is 2. The van der Waals surface area contributed by atoms with E-state index in [1.165, 1.54) is 0 Å². The Balaban J connectivity index is 1.95. The standard InChI is InChI=1S/C11H18FN5/c12-2-4-16-5-7-17(8-6-16)11-1-3-14-10(9-13)15-11/h1,3H,2,4-9,13H2. The van der Waals surface area contributed by atoms with E-state index in [4.69, 9.17) is 5.73 Å². The molecule has 5 nitrogen and oxygen atoms in total. The molecule has 1 aromatic heterocycles. The van der Waals surface area contributed by atoms with Gasteiger partial charge in [-0.3, -0.25) is 4.90 Å². The lowest BCUT2D eigenvalue weighted by molar-refractivity contribution is 0.235. The predicted octanol–water partition coefficient (Wildman–Crippen LogP) is 0.0268. The van der Waals surface area contributed by atoms with Crippen molar-refractivity contribution in [2.24, 2.45) is 5.73 Å². The molecule has 0 unspecified atom stereocenters. The Morgan fingerprint density at radius 3 is 2.71 bits per heavy atom. The van der Waals surface area contributed by atoms with Crippen molar-refractivity contribution in [3.63, 3.8) is 0 Å². The summed E-state index contributed by atoms with van der Waals surface area (Å²) >= 11 is 0. The summed E-state index contributed by atoms with van der Waals surface area (Å²) in [4.78, 5) is 12.8. The van der Waals surface area contributed by atoms with Crippen molar-refractivity contribution in [3.05, 3.63) is 18.1 Å². The van der Waals surface area contributed by atoms with Crippen LogP contribution in [0, 0.1) is 0 Å². The van der Waals surface area contributed by atoms with Crippen LogP contribution in [0.15, 0.2) is 12.3 Å². The number of halogens is 1. The van der Waals surface area contributed by atoms with Gasteiger partial charge in [0.15, 0.2) is 0 Å². The third-order valence-corrected chi connectivity index (χ3v) is 2.97. The number of hydrogen-bond donors (Lipinski definition) is 1. The molecule has 0 bridgehead atoms. The van der Waals surface area contributed by atoms with E-state index in [2.05, 4.69) is 19.8 Å². The summed E-state index contributed by atoms with van der Waals surface area (Å²) in [6, 6.07) is 1.89. The van der Waals surface area contributed by atoms with Crippen molar-refractivity contribution >= 4 is 5.82 Å². The first-order chi connectivity index (χ1) is 8.33. The van der Waals surface area contributed by atoms with Crippen LogP contribution in [-0.2, 0) is 6.54 Å². The van der Waals surface area contributed by atoms with Gasteiger partial charge in [-0.1, -0.05) is 0 Å². The van der Waals surface area contributed by atoms with Gasteiger partial charge in [-0.2, -0.15) is 0 Å². The summed E-state index contributed by atoms with van der Waals surface area (Å²) in [5.74, 6) is 1.58. The largest absolute Gasteiger partial charge is 0.354 e. The summed E-state index contributed by atoms with van der Waals surface area (Å²) in [5.41, 5.74) is 5.52. The number of piperazine rings is 1. The van der Waals surface area contributed by atoms with Crippen LogP contribution in [0.5, 0.6) is 0 Å². The highest BCUT2D eigenvalue weighted by Gasteiger charge is 2.17. The molecule has 6 heteroatoms. The normalized spacial score (nSPS) is 17.4. The third-order valence-electron chi connectivity index (χ3n) is 2.97. The summed E-state index contributed by atoms with van der Waals surface area (Å²) in [5, 5.41) is 0. The van der Waals surface area contributed by atoms with E-state index in [0.29, 0.717) is 18.9 Å². The van der Waals surface area contributed by atoms with Crippen LogP contribution in [-0.4, -0.2) is 54.3 Å². The van der Waals surface area contributed by atoms with Crippen molar-refractivity contribution in [3.8, 4) is 0 Å². The van der Waals surface area contributed by atoms with Crippen molar-refractivity contribution in [1.82, 2.24) is 14.9 Å². The Morgan fingerprint density at radius 1 is 1.29 bits per heavy atom. The van der Waals surface area contributed by atoms with Crippen LogP contribution in [0.3, 0.4) is 0 Å². The summed E-state index contributed by atoms with van der Waals surface area (Å²) in [6.45, 7) is 4.13. The van der Waals surface area contributed by atoms with E-state index in [1.54, 1.807) is 6.20 Å². The fourth-order valence-corrected chi connectivity index (χ4v) is 1.98. The van der Waals surface area contributed by atoms with E-state index in [-0.39, 0.29) is 6.67 Å². The topological polar surface area (TPSA) is 58.3 Å². The Labute approximate surface area is 100 Å². The molecule has 2 rings (SSSR count). The van der Waals surface area contributed by atoms with Gasteiger partial charge < -0.3 is 10.6 Å². The van der Waals surface area contributed by atoms with Crippen LogP contribution in [0.4, 0.5) is 10.2 Å². The molecule has 1 saturated heterocycles. The van der Waals surface area contributed by atoms with Crippen molar-refractivity contribution in [2.75, 3.05) is 44.3 Å². The third kappa shape index (κ3) is 3.10. The van der Waals surface area contributed by atoms with Gasteiger partial charge in [0.1, 0.15) is 18.3 Å². The number of nitrogens with two attached hydrogens (primary N) is 1. The molecule has 0 aromatic carbocycles. The lowest BCUT2D eigenvalue weighted by Gasteiger charge is -2.34. The SMILES string of the molecule is NCc1nccc(N2CCN(CCF)CC2)n1. The lowest BCUT2D eigenvalue weighted by atomic mass is 10.3.